The van der Waals surface area contributed by atoms with Crippen molar-refractivity contribution in [2.24, 2.45) is 0 Å². The van der Waals surface area contributed by atoms with Gasteiger partial charge in [-0.05, 0) is 61.4 Å². The highest BCUT2D eigenvalue weighted by atomic mass is 35.5. The van der Waals surface area contributed by atoms with Crippen LogP contribution in [0.3, 0.4) is 0 Å². The van der Waals surface area contributed by atoms with E-state index in [1.807, 2.05) is 6.92 Å². The molecule has 3 aromatic rings. The van der Waals surface area contributed by atoms with Crippen LogP contribution in [0.25, 0.3) is 12.2 Å². The number of aliphatic hydroxyl groups is 1. The summed E-state index contributed by atoms with van der Waals surface area (Å²) in [4.78, 5) is 0.0513. The van der Waals surface area contributed by atoms with E-state index in [1.165, 1.54) is 41.8 Å². The van der Waals surface area contributed by atoms with Gasteiger partial charge in [0.2, 0.25) is 0 Å². The molecule has 184 valence electrons. The number of aryl methyl sites for hydroxylation is 1. The number of rotatable bonds is 6. The lowest BCUT2D eigenvalue weighted by Crippen LogP contribution is -2.52. The molecule has 0 bridgehead atoms. The Balaban J connectivity index is 1.81. The van der Waals surface area contributed by atoms with Gasteiger partial charge in [0.1, 0.15) is 23.4 Å². The number of hydrogen-bond donors (Lipinski definition) is 1. The van der Waals surface area contributed by atoms with E-state index in [0.717, 1.165) is 5.56 Å². The fourth-order valence-corrected chi connectivity index (χ4v) is 5.93. The van der Waals surface area contributed by atoms with Crippen LogP contribution < -0.4 is 13.8 Å². The molecule has 0 aromatic heterocycles. The number of sulfonamides is 1. The Morgan fingerprint density at radius 1 is 1.17 bits per heavy atom. The maximum atomic E-state index is 14.2. The van der Waals surface area contributed by atoms with Gasteiger partial charge >= 0.3 is 0 Å². The molecule has 0 aliphatic carbocycles. The Morgan fingerprint density at radius 2 is 1.94 bits per heavy atom. The highest BCUT2D eigenvalue weighted by Gasteiger charge is 2.40. The van der Waals surface area contributed by atoms with Crippen molar-refractivity contribution in [3.05, 3.63) is 82.1 Å². The number of nitrogens with zero attached hydrogens (tertiary/aromatic N) is 1. The minimum Gasteiger partial charge on any atom is -0.496 e. The van der Waals surface area contributed by atoms with Gasteiger partial charge in [0.25, 0.3) is 10.0 Å². The first-order valence-electron chi connectivity index (χ1n) is 10.9. The molecule has 0 saturated heterocycles. The SMILES string of the molecule is COc1cc(S(=O)(=O)N2c3cc(/C=C/c4c(F)cccc4Cl)ccc3O[C@@H](CO)[C@H]2C)ccc1C. The maximum Gasteiger partial charge on any atom is 0.264 e. The molecule has 1 aliphatic rings. The van der Waals surface area contributed by atoms with Crippen LogP contribution in [-0.4, -0.2) is 39.4 Å². The second-order valence-corrected chi connectivity index (χ2v) is 10.4. The zero-order valence-electron chi connectivity index (χ0n) is 19.4. The molecule has 4 rings (SSSR count). The fourth-order valence-electron chi connectivity index (χ4n) is 4.00. The standard InChI is InChI=1S/C26H25ClFNO5S/c1-16-7-10-19(14-25(16)33-3)35(31,32)29-17(2)26(15-30)34-24-12-9-18(13-23(24)29)8-11-20-21(27)5-4-6-22(20)28/h4-14,17,26,30H,15H2,1-3H3/b11-8+/t17-,26+/m1/s1. The normalized spacial score (nSPS) is 17.8. The van der Waals surface area contributed by atoms with Crippen LogP contribution >= 0.6 is 11.6 Å². The quantitative estimate of drug-likeness (QED) is 0.449. The van der Waals surface area contributed by atoms with E-state index in [1.54, 1.807) is 43.3 Å². The van der Waals surface area contributed by atoms with Crippen molar-refractivity contribution in [2.75, 3.05) is 18.0 Å². The largest absolute Gasteiger partial charge is 0.496 e. The maximum absolute atomic E-state index is 14.2. The summed E-state index contributed by atoms with van der Waals surface area (Å²) in [5, 5.41) is 10.1. The molecule has 1 aliphatic heterocycles. The molecule has 6 nitrogen and oxygen atoms in total. The molecule has 0 unspecified atom stereocenters. The Bertz CT molecular complexity index is 1370. The number of halogens is 2. The van der Waals surface area contributed by atoms with Crippen LogP contribution in [-0.2, 0) is 10.0 Å². The molecule has 1 N–H and O–H groups in total. The number of anilines is 1. The average molecular weight is 518 g/mol. The van der Waals surface area contributed by atoms with E-state index in [4.69, 9.17) is 21.1 Å². The second kappa shape index (κ2) is 9.89. The number of methoxy groups -OCH3 is 1. The predicted molar refractivity (Wildman–Crippen MR) is 135 cm³/mol. The summed E-state index contributed by atoms with van der Waals surface area (Å²) in [7, 11) is -2.58. The lowest BCUT2D eigenvalue weighted by atomic mass is 10.1. The lowest BCUT2D eigenvalue weighted by molar-refractivity contribution is 0.0925. The van der Waals surface area contributed by atoms with Gasteiger partial charge in [-0.3, -0.25) is 4.31 Å². The molecule has 2 atom stereocenters. The topological polar surface area (TPSA) is 76.1 Å². The monoisotopic (exact) mass is 517 g/mol. The van der Waals surface area contributed by atoms with Gasteiger partial charge < -0.3 is 14.6 Å². The zero-order valence-corrected chi connectivity index (χ0v) is 21.0. The second-order valence-electron chi connectivity index (χ2n) is 8.21. The number of ether oxygens (including phenoxy) is 2. The van der Waals surface area contributed by atoms with E-state index >= 15 is 0 Å². The molecule has 0 fully saturated rings. The first-order chi connectivity index (χ1) is 16.7. The Morgan fingerprint density at radius 3 is 2.63 bits per heavy atom. The van der Waals surface area contributed by atoms with Crippen LogP contribution in [0.5, 0.6) is 11.5 Å². The molecular weight excluding hydrogens is 493 g/mol. The van der Waals surface area contributed by atoms with Gasteiger partial charge in [0.15, 0.2) is 0 Å². The predicted octanol–water partition coefficient (Wildman–Crippen LogP) is 5.30. The summed E-state index contributed by atoms with van der Waals surface area (Å²) in [6.45, 7) is 3.13. The Kier molecular flexibility index (Phi) is 7.07. The van der Waals surface area contributed by atoms with Gasteiger partial charge in [0.05, 0.1) is 35.4 Å². The van der Waals surface area contributed by atoms with Crippen LogP contribution in [0.1, 0.15) is 23.6 Å². The summed E-state index contributed by atoms with van der Waals surface area (Å²) < 4.78 is 54.3. The fraction of sp³-hybridized carbons (Fsp3) is 0.231. The van der Waals surface area contributed by atoms with Crippen molar-refractivity contribution in [3.8, 4) is 11.5 Å². The zero-order chi connectivity index (χ0) is 25.3. The summed E-state index contributed by atoms with van der Waals surface area (Å²) in [6, 6.07) is 13.4. The summed E-state index contributed by atoms with van der Waals surface area (Å²) >= 11 is 6.12. The lowest BCUT2D eigenvalue weighted by Gasteiger charge is -2.40. The summed E-state index contributed by atoms with van der Waals surface area (Å²) in [5.74, 6) is 0.294. The third-order valence-corrected chi connectivity index (χ3v) is 8.19. The highest BCUT2D eigenvalue weighted by Crippen LogP contribution is 2.41. The first kappa shape index (κ1) is 25.0. The van der Waals surface area contributed by atoms with Crippen molar-refractivity contribution in [3.63, 3.8) is 0 Å². The van der Waals surface area contributed by atoms with Crippen molar-refractivity contribution in [1.29, 1.82) is 0 Å². The van der Waals surface area contributed by atoms with E-state index in [2.05, 4.69) is 0 Å². The van der Waals surface area contributed by atoms with Crippen molar-refractivity contribution >= 4 is 39.5 Å². The van der Waals surface area contributed by atoms with Crippen molar-refractivity contribution in [2.45, 2.75) is 30.9 Å². The number of aliphatic hydroxyl groups excluding tert-OH is 1. The average Bonchev–Trinajstić information content (AvgIpc) is 2.83. The minimum absolute atomic E-state index is 0.0513. The molecule has 9 heteroatoms. The van der Waals surface area contributed by atoms with Crippen LogP contribution in [0.15, 0.2) is 59.5 Å². The molecule has 0 radical (unpaired) electrons. The van der Waals surface area contributed by atoms with E-state index in [0.29, 0.717) is 22.7 Å². The number of benzene rings is 3. The molecule has 0 amide bonds. The molecule has 0 spiro atoms. The van der Waals surface area contributed by atoms with Crippen LogP contribution in [0, 0.1) is 12.7 Å². The minimum atomic E-state index is -4.06. The molecule has 0 saturated carbocycles. The van der Waals surface area contributed by atoms with Gasteiger partial charge in [-0.2, -0.15) is 0 Å². The third kappa shape index (κ3) is 4.74. The Labute approximate surface area is 209 Å². The molecular formula is C26H25ClFNO5S. The first-order valence-corrected chi connectivity index (χ1v) is 12.7. The third-order valence-electron chi connectivity index (χ3n) is 5.97. The van der Waals surface area contributed by atoms with Crippen LogP contribution in [0.4, 0.5) is 10.1 Å². The van der Waals surface area contributed by atoms with E-state index in [9.17, 15) is 17.9 Å². The number of hydrogen-bond acceptors (Lipinski definition) is 5. The van der Waals surface area contributed by atoms with Gasteiger partial charge in [0, 0.05) is 11.6 Å². The Hall–Kier alpha value is -3.07. The molecule has 35 heavy (non-hydrogen) atoms. The van der Waals surface area contributed by atoms with Gasteiger partial charge in [-0.1, -0.05) is 35.9 Å². The highest BCUT2D eigenvalue weighted by molar-refractivity contribution is 7.92. The molecule has 1 heterocycles. The summed E-state index contributed by atoms with van der Waals surface area (Å²) in [5.41, 5.74) is 1.95. The summed E-state index contributed by atoms with van der Waals surface area (Å²) in [6.07, 6.45) is 2.42. The van der Waals surface area contributed by atoms with Gasteiger partial charge in [-0.15, -0.1) is 0 Å². The van der Waals surface area contributed by atoms with Crippen molar-refractivity contribution < 1.29 is 27.4 Å². The molecule has 3 aromatic carbocycles. The van der Waals surface area contributed by atoms with Crippen LogP contribution in [0.2, 0.25) is 5.02 Å². The van der Waals surface area contributed by atoms with Crippen molar-refractivity contribution in [1.82, 2.24) is 0 Å². The van der Waals surface area contributed by atoms with Gasteiger partial charge in [-0.25, -0.2) is 12.8 Å². The smallest absolute Gasteiger partial charge is 0.264 e. The van der Waals surface area contributed by atoms with E-state index in [-0.39, 0.29) is 22.1 Å². The van der Waals surface area contributed by atoms with E-state index < -0.39 is 28.0 Å². The number of fused-ring (bicyclic) bond motifs is 1.